The summed E-state index contributed by atoms with van der Waals surface area (Å²) in [7, 11) is 2.31. The van der Waals surface area contributed by atoms with E-state index in [1.165, 1.54) is 12.1 Å². The lowest BCUT2D eigenvalue weighted by Crippen LogP contribution is -2.16. The average molecular weight is 332 g/mol. The minimum Gasteiger partial charge on any atom is -0.466 e. The molecule has 0 aromatic heterocycles. The van der Waals surface area contributed by atoms with Gasteiger partial charge in [-0.15, -0.1) is 0 Å². The first kappa shape index (κ1) is 15.2. The molecule has 0 amide bonds. The normalized spacial score (nSPS) is 10.8. The third-order valence-electron chi connectivity index (χ3n) is 2.07. The fourth-order valence-corrected chi connectivity index (χ4v) is 1.50. The van der Waals surface area contributed by atoms with Gasteiger partial charge in [-0.3, -0.25) is 0 Å². The maximum atomic E-state index is 13.6. The van der Waals surface area contributed by atoms with Gasteiger partial charge in [0.1, 0.15) is 11.5 Å². The molecule has 1 N–H and O–H groups in total. The molecule has 0 aliphatic carbocycles. The minimum absolute atomic E-state index is 0.0313. The zero-order valence-corrected chi connectivity index (χ0v) is 11.8. The Hall–Kier alpha value is -1.89. The number of halogens is 2. The smallest absolute Gasteiger partial charge is 0.354 e. The summed E-state index contributed by atoms with van der Waals surface area (Å²) in [6, 6.07) is 4.21. The Morgan fingerprint density at radius 3 is 2.53 bits per heavy atom. The van der Waals surface area contributed by atoms with Crippen LogP contribution in [-0.4, -0.2) is 26.2 Å². The number of esters is 2. The molecular formula is C12H11BrFNO4. The van der Waals surface area contributed by atoms with E-state index < -0.39 is 17.8 Å². The van der Waals surface area contributed by atoms with Crippen molar-refractivity contribution in [1.29, 1.82) is 0 Å². The molecule has 0 saturated carbocycles. The predicted octanol–water partition coefficient (Wildman–Crippen LogP) is 2.23. The quantitative estimate of drug-likeness (QED) is 0.677. The number of benzene rings is 1. The second kappa shape index (κ2) is 6.89. The lowest BCUT2D eigenvalue weighted by molar-refractivity contribution is -0.138. The van der Waals surface area contributed by atoms with Crippen LogP contribution >= 0.6 is 15.9 Å². The number of ether oxygens (including phenoxy) is 2. The largest absolute Gasteiger partial charge is 0.466 e. The molecule has 0 bridgehead atoms. The summed E-state index contributed by atoms with van der Waals surface area (Å²) in [6.45, 7) is 0. The highest BCUT2D eigenvalue weighted by atomic mass is 79.9. The number of anilines is 1. The predicted molar refractivity (Wildman–Crippen MR) is 69.8 cm³/mol. The van der Waals surface area contributed by atoms with Crippen LogP contribution in [0.1, 0.15) is 0 Å². The molecule has 0 aliphatic heterocycles. The number of nitrogens with one attached hydrogen (secondary N) is 1. The van der Waals surface area contributed by atoms with Gasteiger partial charge in [0.05, 0.1) is 26.0 Å². The SMILES string of the molecule is COC(=O)/C=C(/Nc1ccc(Br)cc1F)C(=O)OC. The van der Waals surface area contributed by atoms with Crippen molar-refractivity contribution in [3.63, 3.8) is 0 Å². The first-order chi connectivity index (χ1) is 8.97. The van der Waals surface area contributed by atoms with Crippen LogP contribution in [0.15, 0.2) is 34.4 Å². The highest BCUT2D eigenvalue weighted by molar-refractivity contribution is 9.10. The summed E-state index contributed by atoms with van der Waals surface area (Å²) in [5.74, 6) is -2.16. The molecule has 1 aromatic rings. The van der Waals surface area contributed by atoms with Crippen LogP contribution in [0.4, 0.5) is 10.1 Å². The monoisotopic (exact) mass is 331 g/mol. The Kier molecular flexibility index (Phi) is 5.50. The summed E-state index contributed by atoms with van der Waals surface area (Å²) < 4.78 is 23.0. The average Bonchev–Trinajstić information content (AvgIpc) is 2.39. The lowest BCUT2D eigenvalue weighted by atomic mass is 10.3. The van der Waals surface area contributed by atoms with Crippen LogP contribution in [0.5, 0.6) is 0 Å². The molecule has 0 radical (unpaired) electrons. The van der Waals surface area contributed by atoms with Crippen LogP contribution in [-0.2, 0) is 19.1 Å². The Morgan fingerprint density at radius 1 is 1.32 bits per heavy atom. The summed E-state index contributed by atoms with van der Waals surface area (Å²) in [5.41, 5.74) is -0.195. The van der Waals surface area contributed by atoms with E-state index in [2.05, 4.69) is 30.7 Å². The first-order valence-electron chi connectivity index (χ1n) is 5.08. The van der Waals surface area contributed by atoms with Gasteiger partial charge in [-0.1, -0.05) is 15.9 Å². The van der Waals surface area contributed by atoms with E-state index in [1.54, 1.807) is 6.07 Å². The van der Waals surface area contributed by atoms with Crippen LogP contribution < -0.4 is 5.32 Å². The number of rotatable bonds is 4. The maximum Gasteiger partial charge on any atom is 0.354 e. The standard InChI is InChI=1S/C12H11BrFNO4/c1-18-11(16)6-10(12(17)19-2)15-9-4-3-7(13)5-8(9)14/h3-6,15H,1-2H3/b10-6+. The molecule has 19 heavy (non-hydrogen) atoms. The molecule has 1 rings (SSSR count). The third-order valence-corrected chi connectivity index (χ3v) is 2.56. The van der Waals surface area contributed by atoms with E-state index >= 15 is 0 Å². The van der Waals surface area contributed by atoms with Crippen molar-refractivity contribution in [2.75, 3.05) is 19.5 Å². The van der Waals surface area contributed by atoms with Gasteiger partial charge >= 0.3 is 11.9 Å². The van der Waals surface area contributed by atoms with Crippen LogP contribution in [0.3, 0.4) is 0 Å². The van der Waals surface area contributed by atoms with Crippen molar-refractivity contribution in [1.82, 2.24) is 0 Å². The fraction of sp³-hybridized carbons (Fsp3) is 0.167. The van der Waals surface area contributed by atoms with Gasteiger partial charge < -0.3 is 14.8 Å². The van der Waals surface area contributed by atoms with Crippen LogP contribution in [0.2, 0.25) is 0 Å². The Bertz CT molecular complexity index is 530. The second-order valence-corrected chi connectivity index (χ2v) is 4.24. The van der Waals surface area contributed by atoms with E-state index in [9.17, 15) is 14.0 Å². The molecule has 0 saturated heterocycles. The highest BCUT2D eigenvalue weighted by Gasteiger charge is 2.14. The van der Waals surface area contributed by atoms with Crippen molar-refractivity contribution >= 4 is 33.6 Å². The zero-order chi connectivity index (χ0) is 14.4. The number of hydrogen-bond acceptors (Lipinski definition) is 5. The van der Waals surface area contributed by atoms with E-state index in [-0.39, 0.29) is 11.4 Å². The first-order valence-corrected chi connectivity index (χ1v) is 5.87. The minimum atomic E-state index is -0.812. The molecule has 102 valence electrons. The number of methoxy groups -OCH3 is 2. The molecular weight excluding hydrogens is 321 g/mol. The van der Waals surface area contributed by atoms with E-state index in [0.29, 0.717) is 4.47 Å². The maximum absolute atomic E-state index is 13.6. The Morgan fingerprint density at radius 2 is 2.00 bits per heavy atom. The van der Waals surface area contributed by atoms with Gasteiger partial charge in [0.15, 0.2) is 0 Å². The Balaban J connectivity index is 3.04. The summed E-state index contributed by atoms with van der Waals surface area (Å²) in [6.07, 6.45) is 0.882. The lowest BCUT2D eigenvalue weighted by Gasteiger charge is -2.10. The summed E-state index contributed by atoms with van der Waals surface area (Å²) in [5, 5.41) is 2.48. The van der Waals surface area contributed by atoms with Gasteiger partial charge in [0.25, 0.3) is 0 Å². The molecule has 0 aliphatic rings. The van der Waals surface area contributed by atoms with Crippen molar-refractivity contribution in [2.45, 2.75) is 0 Å². The summed E-state index contributed by atoms with van der Waals surface area (Å²) >= 11 is 3.11. The van der Waals surface area contributed by atoms with Crippen LogP contribution in [0, 0.1) is 5.82 Å². The topological polar surface area (TPSA) is 64.6 Å². The summed E-state index contributed by atoms with van der Waals surface area (Å²) in [4.78, 5) is 22.6. The highest BCUT2D eigenvalue weighted by Crippen LogP contribution is 2.21. The second-order valence-electron chi connectivity index (χ2n) is 3.32. The fourth-order valence-electron chi connectivity index (χ4n) is 1.17. The van der Waals surface area contributed by atoms with Gasteiger partial charge in [-0.2, -0.15) is 0 Å². The van der Waals surface area contributed by atoms with E-state index in [4.69, 9.17) is 0 Å². The van der Waals surface area contributed by atoms with Crippen LogP contribution in [0.25, 0.3) is 0 Å². The van der Waals surface area contributed by atoms with E-state index in [0.717, 1.165) is 20.3 Å². The van der Waals surface area contributed by atoms with Crippen molar-refractivity contribution in [3.05, 3.63) is 40.3 Å². The van der Waals surface area contributed by atoms with Gasteiger partial charge in [0, 0.05) is 4.47 Å². The molecule has 7 heteroatoms. The van der Waals surface area contributed by atoms with Gasteiger partial charge in [0.2, 0.25) is 0 Å². The molecule has 0 unspecified atom stereocenters. The van der Waals surface area contributed by atoms with E-state index in [1.807, 2.05) is 0 Å². The number of carbonyl (C=O) groups is 2. The number of carbonyl (C=O) groups excluding carboxylic acids is 2. The molecule has 1 aromatic carbocycles. The van der Waals surface area contributed by atoms with Crippen molar-refractivity contribution in [3.8, 4) is 0 Å². The third kappa shape index (κ3) is 4.36. The molecule has 0 heterocycles. The van der Waals surface area contributed by atoms with Gasteiger partial charge in [-0.05, 0) is 18.2 Å². The Labute approximate surface area is 117 Å². The van der Waals surface area contributed by atoms with Crippen molar-refractivity contribution in [2.24, 2.45) is 0 Å². The number of hydrogen-bond donors (Lipinski definition) is 1. The molecule has 0 atom stereocenters. The van der Waals surface area contributed by atoms with Crippen molar-refractivity contribution < 1.29 is 23.5 Å². The molecule has 0 spiro atoms. The molecule has 0 fully saturated rings. The molecule has 5 nitrogen and oxygen atoms in total. The zero-order valence-electron chi connectivity index (χ0n) is 10.2. The van der Waals surface area contributed by atoms with Gasteiger partial charge in [-0.25, -0.2) is 14.0 Å².